The molecule has 102 valence electrons. The van der Waals surface area contributed by atoms with Crippen LogP contribution < -0.4 is 0 Å². The van der Waals surface area contributed by atoms with E-state index in [0.717, 1.165) is 18.2 Å². The Morgan fingerprint density at radius 1 is 1.29 bits per heavy atom. The number of rotatable bonds is 10. The van der Waals surface area contributed by atoms with E-state index < -0.39 is 14.8 Å². The molecule has 0 amide bonds. The highest BCUT2D eigenvalue weighted by Gasteiger charge is 2.36. The second-order valence-electron chi connectivity index (χ2n) is 3.71. The highest BCUT2D eigenvalue weighted by atomic mass is 32.2. The van der Waals surface area contributed by atoms with Gasteiger partial charge in [0.25, 0.3) is 0 Å². The van der Waals surface area contributed by atoms with Gasteiger partial charge in [0.2, 0.25) is 0 Å². The Morgan fingerprint density at radius 2 is 1.82 bits per heavy atom. The number of carboxylic acids is 1. The molecule has 0 radical (unpaired) electrons. The predicted octanol–water partition coefficient (Wildman–Crippen LogP) is 1.71. The molecule has 0 fully saturated rings. The highest BCUT2D eigenvalue weighted by molar-refractivity contribution is 7.99. The lowest BCUT2D eigenvalue weighted by Crippen LogP contribution is -2.42. The van der Waals surface area contributed by atoms with E-state index in [4.69, 9.17) is 18.4 Å². The van der Waals surface area contributed by atoms with Crippen LogP contribution in [0.15, 0.2) is 0 Å². The van der Waals surface area contributed by atoms with Crippen LogP contribution in [0.25, 0.3) is 0 Å². The minimum atomic E-state index is -2.45. The molecule has 1 unspecified atom stereocenters. The van der Waals surface area contributed by atoms with Crippen molar-refractivity contribution in [2.75, 3.05) is 32.8 Å². The van der Waals surface area contributed by atoms with Crippen LogP contribution in [0.4, 0.5) is 0 Å². The second-order valence-corrected chi connectivity index (χ2v) is 7.95. The van der Waals surface area contributed by atoms with Gasteiger partial charge in [-0.25, -0.2) is 0 Å². The van der Waals surface area contributed by atoms with Crippen LogP contribution >= 0.6 is 11.8 Å². The molecular formula is C10H22O5SSi. The molecule has 0 aliphatic carbocycles. The fourth-order valence-corrected chi connectivity index (χ4v) is 4.27. The summed E-state index contributed by atoms with van der Waals surface area (Å²) in [5.41, 5.74) is 0. The van der Waals surface area contributed by atoms with Crippen molar-refractivity contribution in [1.82, 2.24) is 0 Å². The van der Waals surface area contributed by atoms with Gasteiger partial charge in [-0.3, -0.25) is 4.79 Å². The van der Waals surface area contributed by atoms with E-state index in [1.807, 2.05) is 0 Å². The van der Waals surface area contributed by atoms with Gasteiger partial charge in [-0.1, -0.05) is 6.92 Å². The molecule has 0 spiro atoms. The molecule has 0 heterocycles. The zero-order chi connectivity index (χ0) is 13.3. The van der Waals surface area contributed by atoms with Gasteiger partial charge in [0, 0.05) is 33.1 Å². The smallest absolute Gasteiger partial charge is 0.481 e. The van der Waals surface area contributed by atoms with E-state index in [2.05, 4.69) is 0 Å². The molecule has 1 N–H and O–H groups in total. The SMILES string of the molecule is CO[Si](CCCSCC(C)C(=O)O)(OC)OC. The molecule has 0 aromatic rings. The average molecular weight is 282 g/mol. The van der Waals surface area contributed by atoms with E-state index in [0.29, 0.717) is 5.75 Å². The van der Waals surface area contributed by atoms with Gasteiger partial charge in [0.15, 0.2) is 0 Å². The fourth-order valence-electron chi connectivity index (χ4n) is 1.28. The average Bonchev–Trinajstić information content (AvgIpc) is 2.34. The summed E-state index contributed by atoms with van der Waals surface area (Å²) < 4.78 is 15.9. The first-order valence-electron chi connectivity index (χ1n) is 5.47. The first-order valence-corrected chi connectivity index (χ1v) is 8.56. The molecule has 0 aliphatic rings. The first-order chi connectivity index (χ1) is 8.01. The van der Waals surface area contributed by atoms with E-state index in [-0.39, 0.29) is 5.92 Å². The molecule has 5 nitrogen and oxygen atoms in total. The number of carboxylic acid groups (broad SMARTS) is 1. The summed E-state index contributed by atoms with van der Waals surface area (Å²) in [5.74, 6) is 0.486. The molecule has 0 saturated carbocycles. The van der Waals surface area contributed by atoms with Gasteiger partial charge >= 0.3 is 14.8 Å². The maximum Gasteiger partial charge on any atom is 0.500 e. The highest BCUT2D eigenvalue weighted by Crippen LogP contribution is 2.18. The molecule has 0 rings (SSSR count). The Morgan fingerprint density at radius 3 is 2.24 bits per heavy atom. The minimum absolute atomic E-state index is 0.297. The van der Waals surface area contributed by atoms with Gasteiger partial charge in [-0.05, 0) is 12.2 Å². The molecule has 1 atom stereocenters. The lowest BCUT2D eigenvalue weighted by atomic mass is 10.2. The van der Waals surface area contributed by atoms with Crippen molar-refractivity contribution in [3.63, 3.8) is 0 Å². The summed E-state index contributed by atoms with van der Waals surface area (Å²) in [6.07, 6.45) is 0.902. The molecule has 0 aromatic heterocycles. The quantitative estimate of drug-likeness (QED) is 0.486. The van der Waals surface area contributed by atoms with E-state index >= 15 is 0 Å². The van der Waals surface area contributed by atoms with E-state index in [1.54, 1.807) is 40.0 Å². The molecule has 17 heavy (non-hydrogen) atoms. The minimum Gasteiger partial charge on any atom is -0.481 e. The molecule has 0 bridgehead atoms. The van der Waals surface area contributed by atoms with Crippen molar-refractivity contribution in [1.29, 1.82) is 0 Å². The molecule has 0 aliphatic heterocycles. The fraction of sp³-hybridized carbons (Fsp3) is 0.900. The van der Waals surface area contributed by atoms with Crippen molar-refractivity contribution >= 4 is 26.5 Å². The van der Waals surface area contributed by atoms with Crippen LogP contribution in [-0.2, 0) is 18.1 Å². The van der Waals surface area contributed by atoms with Crippen LogP contribution in [-0.4, -0.2) is 52.7 Å². The van der Waals surface area contributed by atoms with Crippen molar-refractivity contribution in [2.24, 2.45) is 5.92 Å². The summed E-state index contributed by atoms with van der Waals surface area (Å²) in [4.78, 5) is 10.6. The lowest BCUT2D eigenvalue weighted by Gasteiger charge is -2.24. The number of thioether (sulfide) groups is 1. The summed E-state index contributed by atoms with van der Waals surface area (Å²) in [6, 6.07) is 0.755. The van der Waals surface area contributed by atoms with Crippen LogP contribution in [0, 0.1) is 5.92 Å². The first kappa shape index (κ1) is 16.9. The third-order valence-corrected chi connectivity index (χ3v) is 6.64. The van der Waals surface area contributed by atoms with Crippen LogP contribution in [0.2, 0.25) is 6.04 Å². The Labute approximate surface area is 108 Å². The van der Waals surface area contributed by atoms with Crippen molar-refractivity contribution < 1.29 is 23.2 Å². The van der Waals surface area contributed by atoms with Gasteiger partial charge in [0.05, 0.1) is 5.92 Å². The topological polar surface area (TPSA) is 65.0 Å². The summed E-state index contributed by atoms with van der Waals surface area (Å²) in [7, 11) is 2.34. The summed E-state index contributed by atoms with van der Waals surface area (Å²) >= 11 is 1.64. The van der Waals surface area contributed by atoms with Gasteiger partial charge in [-0.15, -0.1) is 0 Å². The molecular weight excluding hydrogens is 260 g/mol. The third-order valence-electron chi connectivity index (χ3n) is 2.49. The number of aliphatic carboxylic acids is 1. The van der Waals surface area contributed by atoms with Gasteiger partial charge in [-0.2, -0.15) is 11.8 Å². The molecule has 0 saturated heterocycles. The van der Waals surface area contributed by atoms with Gasteiger partial charge < -0.3 is 18.4 Å². The maximum absolute atomic E-state index is 10.6. The van der Waals surface area contributed by atoms with Crippen molar-refractivity contribution in [3.05, 3.63) is 0 Å². The van der Waals surface area contributed by atoms with Crippen LogP contribution in [0.5, 0.6) is 0 Å². The second kappa shape index (κ2) is 8.93. The Balaban J connectivity index is 3.73. The number of carbonyl (C=O) groups is 1. The van der Waals surface area contributed by atoms with Gasteiger partial charge in [0.1, 0.15) is 0 Å². The maximum atomic E-state index is 10.6. The van der Waals surface area contributed by atoms with E-state index in [1.165, 1.54) is 0 Å². The third kappa shape index (κ3) is 6.42. The number of hydrogen-bond acceptors (Lipinski definition) is 5. The predicted molar refractivity (Wildman–Crippen MR) is 70.3 cm³/mol. The van der Waals surface area contributed by atoms with Crippen molar-refractivity contribution in [2.45, 2.75) is 19.4 Å². The Hall–Kier alpha value is -0.0831. The lowest BCUT2D eigenvalue weighted by molar-refractivity contribution is -0.140. The summed E-state index contributed by atoms with van der Waals surface area (Å²) in [6.45, 7) is 1.72. The van der Waals surface area contributed by atoms with Crippen molar-refractivity contribution in [3.8, 4) is 0 Å². The normalized spacial score (nSPS) is 13.6. The van der Waals surface area contributed by atoms with E-state index in [9.17, 15) is 4.79 Å². The molecule has 0 aromatic carbocycles. The van der Waals surface area contributed by atoms with Crippen LogP contribution in [0.1, 0.15) is 13.3 Å². The Bertz CT molecular complexity index is 214. The zero-order valence-electron chi connectivity index (χ0n) is 10.9. The monoisotopic (exact) mass is 282 g/mol. The number of hydrogen-bond donors (Lipinski definition) is 1. The largest absolute Gasteiger partial charge is 0.500 e. The van der Waals surface area contributed by atoms with Crippen LogP contribution in [0.3, 0.4) is 0 Å². The Kier molecular flexibility index (Phi) is 8.88. The zero-order valence-corrected chi connectivity index (χ0v) is 12.7. The standard InChI is InChI=1S/C10H22O5SSi/c1-9(10(11)12)8-16-6-5-7-17(13-2,14-3)15-4/h9H,5-8H2,1-4H3,(H,11,12). The summed E-state index contributed by atoms with van der Waals surface area (Å²) in [5, 5.41) is 8.72. The molecule has 7 heteroatoms.